The second-order valence-corrected chi connectivity index (χ2v) is 4.80. The number of rotatable bonds is 1. The molecule has 14 heavy (non-hydrogen) atoms. The second-order valence-electron chi connectivity index (χ2n) is 4.80. The van der Waals surface area contributed by atoms with Gasteiger partial charge < -0.3 is 5.32 Å². The topological polar surface area (TPSA) is 15.3 Å². The fourth-order valence-corrected chi connectivity index (χ4v) is 2.76. The van der Waals surface area contributed by atoms with Crippen molar-refractivity contribution in [3.63, 3.8) is 0 Å². The van der Waals surface area contributed by atoms with E-state index in [4.69, 9.17) is 0 Å². The van der Waals surface area contributed by atoms with Crippen molar-refractivity contribution in [2.24, 2.45) is 0 Å². The van der Waals surface area contributed by atoms with E-state index in [1.807, 2.05) is 0 Å². The molecule has 0 aromatic rings. The summed E-state index contributed by atoms with van der Waals surface area (Å²) in [5.74, 6) is 0. The summed E-state index contributed by atoms with van der Waals surface area (Å²) in [4.78, 5) is 2.74. The van der Waals surface area contributed by atoms with Crippen molar-refractivity contribution in [2.45, 2.75) is 51.0 Å². The van der Waals surface area contributed by atoms with Crippen LogP contribution in [0.4, 0.5) is 0 Å². The normalized spacial score (nSPS) is 32.1. The minimum Gasteiger partial charge on any atom is -0.315 e. The summed E-state index contributed by atoms with van der Waals surface area (Å²) < 4.78 is 0. The lowest BCUT2D eigenvalue weighted by Crippen LogP contribution is -2.38. The van der Waals surface area contributed by atoms with Crippen LogP contribution in [0.5, 0.6) is 0 Å². The molecule has 0 aromatic carbocycles. The predicted octanol–water partition coefficient (Wildman–Crippen LogP) is 2.00. The van der Waals surface area contributed by atoms with E-state index in [0.717, 1.165) is 6.04 Å². The zero-order valence-electron chi connectivity index (χ0n) is 9.30. The Morgan fingerprint density at radius 2 is 1.50 bits per heavy atom. The molecule has 2 rings (SSSR count). The van der Waals surface area contributed by atoms with Crippen molar-refractivity contribution in [3.8, 4) is 0 Å². The Morgan fingerprint density at radius 1 is 0.857 bits per heavy atom. The van der Waals surface area contributed by atoms with Gasteiger partial charge >= 0.3 is 0 Å². The Hall–Kier alpha value is -0.0800. The summed E-state index contributed by atoms with van der Waals surface area (Å²) in [5, 5.41) is 3.48. The van der Waals surface area contributed by atoms with E-state index in [2.05, 4.69) is 10.2 Å². The lowest BCUT2D eigenvalue weighted by atomic mass is 10.1. The summed E-state index contributed by atoms with van der Waals surface area (Å²) in [7, 11) is 0. The third kappa shape index (κ3) is 2.96. The van der Waals surface area contributed by atoms with Crippen LogP contribution in [0.3, 0.4) is 0 Å². The molecule has 0 saturated carbocycles. The standard InChI is InChI=1S/C12H24N2/c1-2-4-6-10-14(9-5-3-1)12-7-8-13-11-12/h12-13H,1-11H2. The van der Waals surface area contributed by atoms with Gasteiger partial charge in [-0.25, -0.2) is 0 Å². The van der Waals surface area contributed by atoms with Crippen LogP contribution in [-0.2, 0) is 0 Å². The molecule has 0 spiro atoms. The maximum atomic E-state index is 3.48. The Bertz CT molecular complexity index is 142. The van der Waals surface area contributed by atoms with E-state index in [-0.39, 0.29) is 0 Å². The monoisotopic (exact) mass is 196 g/mol. The minimum absolute atomic E-state index is 0.855. The molecule has 2 nitrogen and oxygen atoms in total. The van der Waals surface area contributed by atoms with Gasteiger partial charge in [-0.3, -0.25) is 4.90 Å². The molecule has 0 aliphatic carbocycles. The molecule has 2 aliphatic rings. The molecule has 0 radical (unpaired) electrons. The Balaban J connectivity index is 1.80. The quantitative estimate of drug-likeness (QED) is 0.690. The van der Waals surface area contributed by atoms with Crippen molar-refractivity contribution in [1.29, 1.82) is 0 Å². The number of nitrogens with one attached hydrogen (secondary N) is 1. The fraction of sp³-hybridized carbons (Fsp3) is 1.00. The van der Waals surface area contributed by atoms with Gasteiger partial charge in [0.05, 0.1) is 0 Å². The maximum absolute atomic E-state index is 3.48. The SMILES string of the molecule is C1CCCCN(C2CCNC2)CCC1. The zero-order chi connectivity index (χ0) is 9.64. The van der Waals surface area contributed by atoms with E-state index in [1.54, 1.807) is 0 Å². The highest BCUT2D eigenvalue weighted by molar-refractivity contribution is 4.80. The fourth-order valence-electron chi connectivity index (χ4n) is 2.76. The van der Waals surface area contributed by atoms with Gasteiger partial charge in [0.25, 0.3) is 0 Å². The van der Waals surface area contributed by atoms with Gasteiger partial charge in [0.15, 0.2) is 0 Å². The molecular weight excluding hydrogens is 172 g/mol. The van der Waals surface area contributed by atoms with Crippen molar-refractivity contribution in [1.82, 2.24) is 10.2 Å². The lowest BCUT2D eigenvalue weighted by Gasteiger charge is -2.27. The number of hydrogen-bond donors (Lipinski definition) is 1. The van der Waals surface area contributed by atoms with Gasteiger partial charge in [0.1, 0.15) is 0 Å². The van der Waals surface area contributed by atoms with E-state index < -0.39 is 0 Å². The molecule has 2 heteroatoms. The molecule has 1 atom stereocenters. The summed E-state index contributed by atoms with van der Waals surface area (Å²) in [6.07, 6.45) is 10.1. The highest BCUT2D eigenvalue weighted by Gasteiger charge is 2.21. The summed E-state index contributed by atoms with van der Waals surface area (Å²) in [6.45, 7) is 5.18. The predicted molar refractivity (Wildman–Crippen MR) is 60.5 cm³/mol. The molecule has 82 valence electrons. The maximum Gasteiger partial charge on any atom is 0.0232 e. The molecule has 0 amide bonds. The van der Waals surface area contributed by atoms with Crippen molar-refractivity contribution in [2.75, 3.05) is 26.2 Å². The molecule has 0 bridgehead atoms. The minimum atomic E-state index is 0.855. The van der Waals surface area contributed by atoms with Gasteiger partial charge in [-0.1, -0.05) is 25.7 Å². The van der Waals surface area contributed by atoms with Crippen LogP contribution < -0.4 is 5.32 Å². The van der Waals surface area contributed by atoms with Crippen molar-refractivity contribution < 1.29 is 0 Å². The van der Waals surface area contributed by atoms with E-state index in [9.17, 15) is 0 Å². The lowest BCUT2D eigenvalue weighted by molar-refractivity contribution is 0.204. The van der Waals surface area contributed by atoms with E-state index in [0.29, 0.717) is 0 Å². The first-order chi connectivity index (χ1) is 6.97. The van der Waals surface area contributed by atoms with Crippen molar-refractivity contribution >= 4 is 0 Å². The Morgan fingerprint density at radius 3 is 2.07 bits per heavy atom. The van der Waals surface area contributed by atoms with Crippen LogP contribution in [-0.4, -0.2) is 37.1 Å². The van der Waals surface area contributed by atoms with Crippen molar-refractivity contribution in [3.05, 3.63) is 0 Å². The van der Waals surface area contributed by atoms with Crippen LogP contribution >= 0.6 is 0 Å². The summed E-state index contributed by atoms with van der Waals surface area (Å²) in [5.41, 5.74) is 0. The molecule has 1 N–H and O–H groups in total. The van der Waals surface area contributed by atoms with Crippen LogP contribution in [0.2, 0.25) is 0 Å². The molecule has 2 fully saturated rings. The average molecular weight is 196 g/mol. The van der Waals surface area contributed by atoms with E-state index in [1.165, 1.54) is 71.1 Å². The summed E-state index contributed by atoms with van der Waals surface area (Å²) >= 11 is 0. The molecule has 1 unspecified atom stereocenters. The first-order valence-electron chi connectivity index (χ1n) is 6.41. The molecule has 2 heterocycles. The Kier molecular flexibility index (Phi) is 4.26. The molecule has 2 aliphatic heterocycles. The van der Waals surface area contributed by atoms with Gasteiger partial charge in [-0.15, -0.1) is 0 Å². The van der Waals surface area contributed by atoms with Crippen LogP contribution in [0, 0.1) is 0 Å². The average Bonchev–Trinajstić information content (AvgIpc) is 2.75. The number of nitrogens with zero attached hydrogens (tertiary/aromatic N) is 1. The highest BCUT2D eigenvalue weighted by Crippen LogP contribution is 2.15. The first-order valence-corrected chi connectivity index (χ1v) is 6.41. The van der Waals surface area contributed by atoms with Gasteiger partial charge in [0, 0.05) is 12.6 Å². The third-order valence-electron chi connectivity index (χ3n) is 3.69. The van der Waals surface area contributed by atoms with Crippen LogP contribution in [0.1, 0.15) is 44.9 Å². The molecule has 0 aromatic heterocycles. The van der Waals surface area contributed by atoms with E-state index >= 15 is 0 Å². The van der Waals surface area contributed by atoms with Gasteiger partial charge in [-0.05, 0) is 38.9 Å². The Labute approximate surface area is 88.1 Å². The van der Waals surface area contributed by atoms with Crippen LogP contribution in [0.15, 0.2) is 0 Å². The summed E-state index contributed by atoms with van der Waals surface area (Å²) in [6, 6.07) is 0.855. The first kappa shape index (κ1) is 10.4. The van der Waals surface area contributed by atoms with Crippen LogP contribution in [0.25, 0.3) is 0 Å². The number of hydrogen-bond acceptors (Lipinski definition) is 2. The molecule has 2 saturated heterocycles. The molecular formula is C12H24N2. The van der Waals surface area contributed by atoms with Gasteiger partial charge in [-0.2, -0.15) is 0 Å². The third-order valence-corrected chi connectivity index (χ3v) is 3.69. The largest absolute Gasteiger partial charge is 0.315 e. The zero-order valence-corrected chi connectivity index (χ0v) is 9.30. The smallest absolute Gasteiger partial charge is 0.0232 e. The highest BCUT2D eigenvalue weighted by atomic mass is 15.2. The van der Waals surface area contributed by atoms with Gasteiger partial charge in [0.2, 0.25) is 0 Å². The second kappa shape index (κ2) is 5.72.